The Labute approximate surface area is 174 Å². The van der Waals surface area contributed by atoms with E-state index in [2.05, 4.69) is 45.3 Å². The smallest absolute Gasteiger partial charge is 0.325 e. The molecule has 1 atom stereocenters. The van der Waals surface area contributed by atoms with Crippen molar-refractivity contribution >= 4 is 17.8 Å². The number of carbonyl (C=O) groups is 3. The first-order valence-electron chi connectivity index (χ1n) is 10.2. The molecule has 0 spiro atoms. The van der Waals surface area contributed by atoms with Gasteiger partial charge < -0.3 is 10.6 Å². The topological polar surface area (TPSA) is 78.5 Å². The normalized spacial score (nSPS) is 20.2. The van der Waals surface area contributed by atoms with Crippen molar-refractivity contribution in [2.45, 2.75) is 78.8 Å². The molecule has 1 aliphatic heterocycles. The van der Waals surface area contributed by atoms with Crippen molar-refractivity contribution < 1.29 is 14.4 Å². The summed E-state index contributed by atoms with van der Waals surface area (Å²) in [7, 11) is 0. The van der Waals surface area contributed by atoms with Crippen molar-refractivity contribution in [1.82, 2.24) is 15.5 Å². The van der Waals surface area contributed by atoms with E-state index >= 15 is 0 Å². The highest BCUT2D eigenvalue weighted by molar-refractivity contribution is 6.09. The maximum atomic E-state index is 13.0. The number of hydrogen-bond donors (Lipinski definition) is 2. The fourth-order valence-corrected chi connectivity index (χ4v) is 4.17. The molecule has 29 heavy (non-hydrogen) atoms. The molecule has 1 heterocycles. The van der Waals surface area contributed by atoms with Gasteiger partial charge in [0.05, 0.1) is 0 Å². The first-order chi connectivity index (χ1) is 13.1. The molecular weight excluding hydrogens is 366 g/mol. The van der Waals surface area contributed by atoms with Crippen LogP contribution in [0.4, 0.5) is 4.79 Å². The largest absolute Gasteiger partial charge is 0.350 e. The van der Waals surface area contributed by atoms with Crippen LogP contribution < -0.4 is 10.6 Å². The van der Waals surface area contributed by atoms with E-state index in [0.29, 0.717) is 11.5 Å². The van der Waals surface area contributed by atoms with Crippen LogP contribution in [0.1, 0.15) is 78.9 Å². The Hall–Kier alpha value is -2.37. The minimum absolute atomic E-state index is 0.0400. The highest BCUT2D eigenvalue weighted by atomic mass is 16.2. The number of nitrogens with zero attached hydrogens (tertiary/aromatic N) is 1. The van der Waals surface area contributed by atoms with Crippen LogP contribution in [0, 0.1) is 5.41 Å². The third-order valence-corrected chi connectivity index (χ3v) is 5.18. The fraction of sp³-hybridized carbons (Fsp3) is 0.609. The summed E-state index contributed by atoms with van der Waals surface area (Å²) in [5.74, 6) is -0.381. The average Bonchev–Trinajstić information content (AvgIpc) is 2.76. The number of amides is 4. The van der Waals surface area contributed by atoms with Crippen LogP contribution in [0.15, 0.2) is 24.3 Å². The Balaban J connectivity index is 2.13. The van der Waals surface area contributed by atoms with Crippen LogP contribution in [-0.2, 0) is 15.1 Å². The molecule has 4 amide bonds. The minimum atomic E-state index is -1.17. The van der Waals surface area contributed by atoms with Crippen molar-refractivity contribution in [1.29, 1.82) is 0 Å². The highest BCUT2D eigenvalue weighted by Crippen LogP contribution is 2.30. The SMILES string of the molecule is CC(C)c1ccc([C@]2(C)NC(=O)N(CC(=O)NC(C)(C)CC(C)(C)C)C2=O)cc1. The quantitative estimate of drug-likeness (QED) is 0.710. The lowest BCUT2D eigenvalue weighted by atomic mass is 9.82. The van der Waals surface area contributed by atoms with Crippen molar-refractivity contribution in [2.24, 2.45) is 5.41 Å². The Bertz CT molecular complexity index is 791. The number of nitrogens with one attached hydrogen (secondary N) is 2. The van der Waals surface area contributed by atoms with Crippen LogP contribution >= 0.6 is 0 Å². The molecule has 160 valence electrons. The van der Waals surface area contributed by atoms with Crippen molar-refractivity contribution in [3.8, 4) is 0 Å². The van der Waals surface area contributed by atoms with E-state index in [9.17, 15) is 14.4 Å². The molecule has 6 nitrogen and oxygen atoms in total. The van der Waals surface area contributed by atoms with E-state index < -0.39 is 23.0 Å². The Morgan fingerprint density at radius 1 is 1.10 bits per heavy atom. The van der Waals surface area contributed by atoms with Gasteiger partial charge >= 0.3 is 6.03 Å². The third kappa shape index (κ3) is 5.37. The minimum Gasteiger partial charge on any atom is -0.350 e. The number of carbonyl (C=O) groups excluding carboxylic acids is 3. The van der Waals surface area contributed by atoms with Gasteiger partial charge in [0.2, 0.25) is 5.91 Å². The van der Waals surface area contributed by atoms with E-state index in [1.165, 1.54) is 0 Å². The van der Waals surface area contributed by atoms with Crippen molar-refractivity contribution in [3.05, 3.63) is 35.4 Å². The Morgan fingerprint density at radius 3 is 2.14 bits per heavy atom. The third-order valence-electron chi connectivity index (χ3n) is 5.18. The zero-order valence-corrected chi connectivity index (χ0v) is 19.0. The summed E-state index contributed by atoms with van der Waals surface area (Å²) in [6, 6.07) is 7.12. The van der Waals surface area contributed by atoms with Gasteiger partial charge in [-0.2, -0.15) is 0 Å². The van der Waals surface area contributed by atoms with Crippen LogP contribution in [0.5, 0.6) is 0 Å². The van der Waals surface area contributed by atoms with Crippen LogP contribution in [0.2, 0.25) is 0 Å². The number of urea groups is 1. The van der Waals surface area contributed by atoms with Crippen LogP contribution in [0.3, 0.4) is 0 Å². The summed E-state index contributed by atoms with van der Waals surface area (Å²) in [5.41, 5.74) is 0.291. The summed E-state index contributed by atoms with van der Waals surface area (Å²) in [5, 5.41) is 5.71. The summed E-state index contributed by atoms with van der Waals surface area (Å²) >= 11 is 0. The molecule has 0 saturated carbocycles. The molecule has 2 N–H and O–H groups in total. The average molecular weight is 402 g/mol. The van der Waals surface area contributed by atoms with E-state index in [1.807, 2.05) is 38.1 Å². The molecule has 0 bridgehead atoms. The van der Waals surface area contributed by atoms with Gasteiger partial charge in [-0.3, -0.25) is 14.5 Å². The molecule has 0 radical (unpaired) electrons. The number of rotatable bonds is 6. The summed E-state index contributed by atoms with van der Waals surface area (Å²) in [6.45, 7) is 15.8. The molecule has 1 aliphatic rings. The maximum absolute atomic E-state index is 13.0. The standard InChI is InChI=1S/C23H35N3O3/c1-15(2)16-9-11-17(12-10-16)23(8)19(28)26(20(29)25-23)13-18(27)24-22(6,7)14-21(3,4)5/h9-12,15H,13-14H2,1-8H3,(H,24,27)(H,25,29)/t23-/m0/s1. The van der Waals surface area contributed by atoms with E-state index in [4.69, 9.17) is 0 Å². The summed E-state index contributed by atoms with van der Waals surface area (Å²) in [6.07, 6.45) is 0.770. The zero-order valence-electron chi connectivity index (χ0n) is 19.0. The van der Waals surface area contributed by atoms with Gasteiger partial charge in [-0.05, 0) is 49.7 Å². The van der Waals surface area contributed by atoms with Gasteiger partial charge in [0, 0.05) is 5.54 Å². The maximum Gasteiger partial charge on any atom is 0.325 e. The Kier molecular flexibility index (Phi) is 6.17. The lowest BCUT2D eigenvalue weighted by Gasteiger charge is -2.33. The first-order valence-corrected chi connectivity index (χ1v) is 10.2. The second-order valence-corrected chi connectivity index (χ2v) is 10.4. The predicted octanol–water partition coefficient (Wildman–Crippen LogP) is 3.91. The van der Waals surface area contributed by atoms with Crippen molar-refractivity contribution in [3.63, 3.8) is 0 Å². The predicted molar refractivity (Wildman–Crippen MR) is 114 cm³/mol. The second-order valence-electron chi connectivity index (χ2n) is 10.4. The van der Waals surface area contributed by atoms with Gasteiger partial charge in [-0.25, -0.2) is 4.79 Å². The number of imide groups is 1. The van der Waals surface area contributed by atoms with E-state index in [0.717, 1.165) is 16.9 Å². The van der Waals surface area contributed by atoms with Crippen molar-refractivity contribution in [2.75, 3.05) is 6.54 Å². The van der Waals surface area contributed by atoms with Gasteiger partial charge in [-0.15, -0.1) is 0 Å². The molecule has 1 aromatic carbocycles. The lowest BCUT2D eigenvalue weighted by molar-refractivity contribution is -0.135. The zero-order chi connectivity index (χ0) is 22.2. The molecule has 1 aromatic rings. The monoisotopic (exact) mass is 401 g/mol. The molecule has 6 heteroatoms. The fourth-order valence-electron chi connectivity index (χ4n) is 4.17. The van der Waals surface area contributed by atoms with Gasteiger partial charge in [-0.1, -0.05) is 58.9 Å². The highest BCUT2D eigenvalue weighted by Gasteiger charge is 2.49. The van der Waals surface area contributed by atoms with Gasteiger partial charge in [0.25, 0.3) is 5.91 Å². The van der Waals surface area contributed by atoms with E-state index in [1.54, 1.807) is 6.92 Å². The molecule has 0 aliphatic carbocycles. The summed E-state index contributed by atoms with van der Waals surface area (Å²) < 4.78 is 0. The van der Waals surface area contributed by atoms with Crippen LogP contribution in [-0.4, -0.2) is 34.8 Å². The van der Waals surface area contributed by atoms with Gasteiger partial charge in [0.1, 0.15) is 12.1 Å². The summed E-state index contributed by atoms with van der Waals surface area (Å²) in [4.78, 5) is 39.1. The van der Waals surface area contributed by atoms with E-state index in [-0.39, 0.29) is 17.9 Å². The van der Waals surface area contributed by atoms with Crippen LogP contribution in [0.25, 0.3) is 0 Å². The van der Waals surface area contributed by atoms with Gasteiger partial charge in [0.15, 0.2) is 0 Å². The Morgan fingerprint density at radius 2 is 1.66 bits per heavy atom. The molecule has 1 fully saturated rings. The molecule has 0 unspecified atom stereocenters. The number of benzene rings is 1. The molecule has 2 rings (SSSR count). The number of hydrogen-bond acceptors (Lipinski definition) is 3. The first kappa shape index (κ1) is 22.9. The lowest BCUT2D eigenvalue weighted by Crippen LogP contribution is -2.50. The molecule has 0 aromatic heterocycles. The second kappa shape index (κ2) is 7.81. The molecule has 1 saturated heterocycles. The molecular formula is C23H35N3O3.